The number of methoxy groups -OCH3 is 1. The van der Waals surface area contributed by atoms with Crippen molar-refractivity contribution in [3.63, 3.8) is 0 Å². The molecule has 1 N–H and O–H groups in total. The van der Waals surface area contributed by atoms with Gasteiger partial charge in [0.15, 0.2) is 5.13 Å². The van der Waals surface area contributed by atoms with E-state index in [0.29, 0.717) is 0 Å². The number of hydrogen-bond donors (Lipinski definition) is 1. The van der Waals surface area contributed by atoms with Crippen LogP contribution in [0.1, 0.15) is 61.0 Å². The van der Waals surface area contributed by atoms with Crippen LogP contribution < -0.4 is 15.9 Å². The highest BCUT2D eigenvalue weighted by Gasteiger charge is 2.41. The van der Waals surface area contributed by atoms with Gasteiger partial charge in [-0.3, -0.25) is 14.8 Å². The summed E-state index contributed by atoms with van der Waals surface area (Å²) in [5, 5.41) is 2.47. The highest BCUT2D eigenvalue weighted by atomic mass is 32.2. The third-order valence-corrected chi connectivity index (χ3v) is 11.0. The number of aromatic nitrogens is 3. The number of nitrogens with one attached hydrogen (secondary N) is 1. The van der Waals surface area contributed by atoms with Gasteiger partial charge in [0, 0.05) is 47.4 Å². The Kier molecular flexibility index (Phi) is 10.4. The minimum Gasteiger partial charge on any atom is -0.444 e. The number of nitrogens with zero attached hydrogens (tertiary/aromatic N) is 5. The monoisotopic (exact) mass is 794 g/mol. The van der Waals surface area contributed by atoms with Gasteiger partial charge in [-0.1, -0.05) is 11.3 Å². The van der Waals surface area contributed by atoms with Crippen molar-refractivity contribution in [2.75, 3.05) is 36.2 Å². The van der Waals surface area contributed by atoms with Gasteiger partial charge in [0.2, 0.25) is 0 Å². The SMILES string of the molecule is CO[C@@H]1CSc2c(-c3ccc(F)c4sc(NC(=O)OC(C)(C)C)nc34)c(C(F)(F)F)cc3c(N4C[C@@H](C)N(C(=O)OC(C)(C)C)[C@@H](C)C4)nc(=O)n(c23)C1. The zero-order valence-corrected chi connectivity index (χ0v) is 32.9. The molecule has 12 nitrogen and oxygen atoms in total. The van der Waals surface area contributed by atoms with Gasteiger partial charge in [0.25, 0.3) is 0 Å². The predicted octanol–water partition coefficient (Wildman–Crippen LogP) is 8.13. The zero-order valence-electron chi connectivity index (χ0n) is 31.3. The average Bonchev–Trinajstić information content (AvgIpc) is 3.34. The standard InChI is InChI=1S/C36H42F4N6O6S2/c1-17-13-44(14-18(2)46(17)33(49)52-35(6,7)8)29-21-12-22(36(38,39)40)24(28-26(21)45(31(47)42-29)15-19(50-9)16-53-28)20-10-11-23(37)27-25(20)41-30(54-27)43-32(48)51-34(3,4)5/h10-12,17-19H,13-16H2,1-9H3,(H,41,43,48)/t17-,18+,19-/m0/s1. The average molecular weight is 795 g/mol. The number of halogens is 4. The topological polar surface area (TPSA) is 128 Å². The smallest absolute Gasteiger partial charge is 0.417 e. The Balaban J connectivity index is 1.57. The number of carbonyl (C=O) groups excluding carboxylic acids is 2. The number of amides is 2. The Hall–Kier alpha value is -4.16. The minimum absolute atomic E-state index is 0.0165. The molecule has 0 unspecified atom stereocenters. The summed E-state index contributed by atoms with van der Waals surface area (Å²) in [4.78, 5) is 51.9. The molecule has 2 amide bonds. The number of benzene rings is 2. The van der Waals surface area contributed by atoms with Crippen molar-refractivity contribution in [2.24, 2.45) is 0 Å². The molecule has 2 aromatic heterocycles. The molecule has 0 bridgehead atoms. The van der Waals surface area contributed by atoms with Crippen LogP contribution >= 0.6 is 23.1 Å². The van der Waals surface area contributed by atoms with Crippen molar-refractivity contribution in [1.29, 1.82) is 0 Å². The molecule has 6 rings (SSSR count). The summed E-state index contributed by atoms with van der Waals surface area (Å²) in [5.41, 5.74) is -3.56. The van der Waals surface area contributed by atoms with Crippen LogP contribution in [0.2, 0.25) is 0 Å². The number of anilines is 2. The zero-order chi connectivity index (χ0) is 39.7. The van der Waals surface area contributed by atoms with Crippen LogP contribution in [0.15, 0.2) is 27.9 Å². The van der Waals surface area contributed by atoms with Gasteiger partial charge in [-0.25, -0.2) is 23.8 Å². The summed E-state index contributed by atoms with van der Waals surface area (Å²) >= 11 is 1.85. The van der Waals surface area contributed by atoms with Crippen molar-refractivity contribution in [3.8, 4) is 11.1 Å². The molecule has 2 aliphatic rings. The number of alkyl halides is 3. The van der Waals surface area contributed by atoms with Gasteiger partial charge in [0.1, 0.15) is 22.8 Å². The third kappa shape index (κ3) is 7.82. The first-order chi connectivity index (χ1) is 25.1. The lowest BCUT2D eigenvalue weighted by atomic mass is 9.95. The summed E-state index contributed by atoms with van der Waals surface area (Å²) in [5.74, 6) is -0.510. The number of rotatable bonds is 4. The summed E-state index contributed by atoms with van der Waals surface area (Å²) in [6, 6.07) is 2.36. The number of hydrogen-bond acceptors (Lipinski definition) is 11. The van der Waals surface area contributed by atoms with E-state index in [1.54, 1.807) is 65.2 Å². The van der Waals surface area contributed by atoms with Crippen LogP contribution in [0.3, 0.4) is 0 Å². The lowest BCUT2D eigenvalue weighted by Gasteiger charge is -2.45. The van der Waals surface area contributed by atoms with Crippen LogP contribution in [-0.4, -0.2) is 87.0 Å². The molecule has 1 saturated heterocycles. The summed E-state index contributed by atoms with van der Waals surface area (Å²) < 4.78 is 79.5. The summed E-state index contributed by atoms with van der Waals surface area (Å²) in [6.07, 6.45) is -6.88. The first-order valence-corrected chi connectivity index (χ1v) is 19.1. The number of carbonyl (C=O) groups is 2. The number of fused-ring (bicyclic) bond motifs is 1. The number of piperazine rings is 1. The molecular weight excluding hydrogens is 753 g/mol. The van der Waals surface area contributed by atoms with Crippen molar-refractivity contribution < 1.29 is 41.4 Å². The van der Waals surface area contributed by atoms with E-state index in [1.807, 2.05) is 0 Å². The lowest BCUT2D eigenvalue weighted by Crippen LogP contribution is -2.59. The van der Waals surface area contributed by atoms with E-state index in [4.69, 9.17) is 14.2 Å². The van der Waals surface area contributed by atoms with Crippen LogP contribution in [-0.2, 0) is 26.9 Å². The van der Waals surface area contributed by atoms with Gasteiger partial charge >= 0.3 is 24.1 Å². The lowest BCUT2D eigenvalue weighted by molar-refractivity contribution is -0.137. The van der Waals surface area contributed by atoms with Crippen LogP contribution in [0.4, 0.5) is 38.1 Å². The number of thiazole rings is 1. The number of thioether (sulfide) groups is 1. The van der Waals surface area contributed by atoms with Crippen LogP contribution in [0, 0.1) is 5.82 Å². The maximum absolute atomic E-state index is 15.4. The normalized spacial score (nSPS) is 19.6. The van der Waals surface area contributed by atoms with Crippen molar-refractivity contribution in [2.45, 2.75) is 102 Å². The molecule has 292 valence electrons. The van der Waals surface area contributed by atoms with Gasteiger partial charge in [0.05, 0.1) is 46.0 Å². The quantitative estimate of drug-likeness (QED) is 0.202. The minimum atomic E-state index is -4.93. The van der Waals surface area contributed by atoms with E-state index in [0.717, 1.165) is 35.2 Å². The molecule has 1 fully saturated rings. The fourth-order valence-electron chi connectivity index (χ4n) is 6.80. The molecule has 0 saturated carbocycles. The third-order valence-electron chi connectivity index (χ3n) is 8.83. The van der Waals surface area contributed by atoms with Crippen molar-refractivity contribution >= 4 is 67.4 Å². The molecule has 2 aliphatic heterocycles. The molecule has 4 heterocycles. The largest absolute Gasteiger partial charge is 0.444 e. The second-order valence-corrected chi connectivity index (χ2v) is 17.5. The molecule has 3 atom stereocenters. The summed E-state index contributed by atoms with van der Waals surface area (Å²) in [6.45, 7) is 14.2. The Bertz CT molecular complexity index is 2180. The van der Waals surface area contributed by atoms with Crippen molar-refractivity contribution in [3.05, 3.63) is 40.1 Å². The molecular formula is C36H42F4N6O6S2. The second kappa shape index (κ2) is 14.2. The molecule has 54 heavy (non-hydrogen) atoms. The Morgan fingerprint density at radius 2 is 1.61 bits per heavy atom. The van der Waals surface area contributed by atoms with Gasteiger partial charge in [-0.2, -0.15) is 18.2 Å². The predicted molar refractivity (Wildman–Crippen MR) is 200 cm³/mol. The Morgan fingerprint density at radius 3 is 2.20 bits per heavy atom. The molecule has 0 spiro atoms. The van der Waals surface area contributed by atoms with E-state index in [1.165, 1.54) is 17.7 Å². The van der Waals surface area contributed by atoms with Crippen LogP contribution in [0.25, 0.3) is 32.2 Å². The van der Waals surface area contributed by atoms with E-state index >= 15 is 17.6 Å². The summed E-state index contributed by atoms with van der Waals surface area (Å²) in [7, 11) is 1.46. The molecule has 0 aliphatic carbocycles. The number of ether oxygens (including phenoxy) is 3. The van der Waals surface area contributed by atoms with E-state index < -0.39 is 64.8 Å². The van der Waals surface area contributed by atoms with E-state index in [-0.39, 0.29) is 73.5 Å². The molecule has 4 aromatic rings. The van der Waals surface area contributed by atoms with Gasteiger partial charge in [-0.15, -0.1) is 11.8 Å². The molecule has 2 aromatic carbocycles. The van der Waals surface area contributed by atoms with Crippen molar-refractivity contribution in [1.82, 2.24) is 19.4 Å². The van der Waals surface area contributed by atoms with E-state index in [2.05, 4.69) is 15.3 Å². The fourth-order valence-corrected chi connectivity index (χ4v) is 9.00. The first-order valence-electron chi connectivity index (χ1n) is 17.3. The first kappa shape index (κ1) is 39.5. The second-order valence-electron chi connectivity index (χ2n) is 15.4. The van der Waals surface area contributed by atoms with E-state index in [9.17, 15) is 14.4 Å². The highest BCUT2D eigenvalue weighted by Crippen LogP contribution is 2.50. The van der Waals surface area contributed by atoms with Gasteiger partial charge in [-0.05, 0) is 73.6 Å². The van der Waals surface area contributed by atoms with Crippen LogP contribution in [0.5, 0.6) is 0 Å². The fraction of sp³-hybridized carbons (Fsp3) is 0.528. The Morgan fingerprint density at radius 1 is 0.963 bits per heavy atom. The molecule has 18 heteroatoms. The highest BCUT2D eigenvalue weighted by molar-refractivity contribution is 7.99. The van der Waals surface area contributed by atoms with Gasteiger partial charge < -0.3 is 19.1 Å². The molecule has 0 radical (unpaired) electrons. The Labute approximate surface area is 317 Å². The maximum Gasteiger partial charge on any atom is 0.417 e. The maximum atomic E-state index is 15.4.